The molecule has 3 N–H and O–H groups in total. The summed E-state index contributed by atoms with van der Waals surface area (Å²) < 4.78 is 1.73. The van der Waals surface area contributed by atoms with Crippen LogP contribution in [0.4, 0.5) is 11.5 Å². The Labute approximate surface area is 138 Å². The van der Waals surface area contributed by atoms with Gasteiger partial charge in [0.2, 0.25) is 0 Å². The number of nitrogens with one attached hydrogen (secondary N) is 1. The number of nitrogens with zero attached hydrogens (tertiary/aromatic N) is 5. The fraction of sp³-hybridized carbons (Fsp3) is 0.0588. The van der Waals surface area contributed by atoms with Crippen LogP contribution in [0, 0.1) is 0 Å². The second kappa shape index (κ2) is 5.96. The van der Waals surface area contributed by atoms with Gasteiger partial charge < -0.3 is 11.1 Å². The molecule has 0 bridgehead atoms. The molecule has 118 valence electrons. The standard InChI is InChI=1S/C17H15N7/c18-14-6-13(9-20-10-14)15-11-22-24-5-3-16(23-17(15)24)21-8-12-2-1-4-19-7-12/h1-7,9-11H,8,18H2,(H,21,23). The summed E-state index contributed by atoms with van der Waals surface area (Å²) in [7, 11) is 0. The van der Waals surface area contributed by atoms with Crippen molar-refractivity contribution < 1.29 is 0 Å². The van der Waals surface area contributed by atoms with Crippen molar-refractivity contribution in [1.82, 2.24) is 24.6 Å². The Morgan fingerprint density at radius 2 is 2.04 bits per heavy atom. The molecule has 7 heteroatoms. The van der Waals surface area contributed by atoms with E-state index in [9.17, 15) is 0 Å². The maximum absolute atomic E-state index is 5.82. The molecule has 24 heavy (non-hydrogen) atoms. The van der Waals surface area contributed by atoms with Crippen molar-refractivity contribution in [2.45, 2.75) is 6.54 Å². The van der Waals surface area contributed by atoms with Crippen molar-refractivity contribution in [2.75, 3.05) is 11.1 Å². The van der Waals surface area contributed by atoms with E-state index in [0.29, 0.717) is 12.2 Å². The number of fused-ring (bicyclic) bond motifs is 1. The van der Waals surface area contributed by atoms with Gasteiger partial charge in [-0.1, -0.05) is 6.07 Å². The van der Waals surface area contributed by atoms with E-state index in [-0.39, 0.29) is 0 Å². The van der Waals surface area contributed by atoms with E-state index >= 15 is 0 Å². The van der Waals surface area contributed by atoms with Crippen LogP contribution in [0.1, 0.15) is 5.56 Å². The molecule has 4 heterocycles. The molecule has 7 nitrogen and oxygen atoms in total. The molecule has 0 atom stereocenters. The Bertz CT molecular complexity index is 979. The minimum Gasteiger partial charge on any atom is -0.397 e. The third kappa shape index (κ3) is 2.74. The van der Waals surface area contributed by atoms with Crippen molar-refractivity contribution in [2.24, 2.45) is 0 Å². The summed E-state index contributed by atoms with van der Waals surface area (Å²) in [6, 6.07) is 7.68. The van der Waals surface area contributed by atoms with Crippen LogP contribution in [-0.4, -0.2) is 24.6 Å². The van der Waals surface area contributed by atoms with Crippen molar-refractivity contribution in [1.29, 1.82) is 0 Å². The maximum atomic E-state index is 5.82. The van der Waals surface area contributed by atoms with Crippen molar-refractivity contribution in [3.05, 3.63) is 67.0 Å². The third-order valence-electron chi connectivity index (χ3n) is 3.64. The van der Waals surface area contributed by atoms with Crippen LogP contribution >= 0.6 is 0 Å². The number of nitrogens with two attached hydrogens (primary N) is 1. The molecule has 0 fully saturated rings. The van der Waals surface area contributed by atoms with Crippen molar-refractivity contribution in [3.63, 3.8) is 0 Å². The molecule has 0 aliphatic carbocycles. The Balaban J connectivity index is 1.66. The largest absolute Gasteiger partial charge is 0.397 e. The number of hydrogen-bond donors (Lipinski definition) is 2. The molecule has 0 spiro atoms. The van der Waals surface area contributed by atoms with Crippen LogP contribution in [0.3, 0.4) is 0 Å². The van der Waals surface area contributed by atoms with Gasteiger partial charge in [0.15, 0.2) is 5.65 Å². The summed E-state index contributed by atoms with van der Waals surface area (Å²) in [4.78, 5) is 12.9. The Morgan fingerprint density at radius 1 is 1.08 bits per heavy atom. The number of nitrogen functional groups attached to an aromatic ring is 1. The number of hydrogen-bond acceptors (Lipinski definition) is 6. The molecule has 0 amide bonds. The minimum atomic E-state index is 0.609. The quantitative estimate of drug-likeness (QED) is 0.600. The normalized spacial score (nSPS) is 10.8. The van der Waals surface area contributed by atoms with Gasteiger partial charge >= 0.3 is 0 Å². The molecule has 4 aromatic heterocycles. The minimum absolute atomic E-state index is 0.609. The molecule has 0 aromatic carbocycles. The van der Waals surface area contributed by atoms with E-state index in [1.807, 2.05) is 36.7 Å². The van der Waals surface area contributed by atoms with Gasteiger partial charge in [-0.05, 0) is 23.8 Å². The summed E-state index contributed by atoms with van der Waals surface area (Å²) in [5.41, 5.74) is 10.1. The second-order valence-corrected chi connectivity index (χ2v) is 5.36. The first kappa shape index (κ1) is 14.1. The highest BCUT2D eigenvalue weighted by molar-refractivity contribution is 5.78. The average Bonchev–Trinajstić information content (AvgIpc) is 3.04. The molecule has 0 saturated carbocycles. The van der Waals surface area contributed by atoms with E-state index in [2.05, 4.69) is 25.4 Å². The topological polar surface area (TPSA) is 94.0 Å². The molecular formula is C17H15N7. The van der Waals surface area contributed by atoms with E-state index in [0.717, 1.165) is 28.2 Å². The molecule has 0 radical (unpaired) electrons. The van der Waals surface area contributed by atoms with Gasteiger partial charge in [0.05, 0.1) is 11.9 Å². The second-order valence-electron chi connectivity index (χ2n) is 5.36. The zero-order chi connectivity index (χ0) is 16.4. The Morgan fingerprint density at radius 3 is 2.88 bits per heavy atom. The average molecular weight is 317 g/mol. The van der Waals surface area contributed by atoms with Gasteiger partial charge in [0.25, 0.3) is 0 Å². The van der Waals surface area contributed by atoms with Gasteiger partial charge in [0, 0.05) is 48.7 Å². The van der Waals surface area contributed by atoms with Crippen LogP contribution < -0.4 is 11.1 Å². The first-order chi connectivity index (χ1) is 11.8. The van der Waals surface area contributed by atoms with Crippen LogP contribution in [0.25, 0.3) is 16.8 Å². The van der Waals surface area contributed by atoms with E-state index < -0.39 is 0 Å². The molecule has 0 unspecified atom stereocenters. The van der Waals surface area contributed by atoms with Gasteiger partial charge in [-0.2, -0.15) is 5.10 Å². The molecule has 4 aromatic rings. The lowest BCUT2D eigenvalue weighted by Gasteiger charge is -2.06. The fourth-order valence-corrected chi connectivity index (χ4v) is 2.47. The lowest BCUT2D eigenvalue weighted by atomic mass is 10.1. The number of pyridine rings is 2. The molecule has 0 aliphatic heterocycles. The molecule has 4 rings (SSSR count). The molecule has 0 aliphatic rings. The number of rotatable bonds is 4. The lowest BCUT2D eigenvalue weighted by Crippen LogP contribution is -2.03. The van der Waals surface area contributed by atoms with Gasteiger partial charge in [-0.25, -0.2) is 9.50 Å². The summed E-state index contributed by atoms with van der Waals surface area (Å²) in [5, 5.41) is 7.63. The Kier molecular flexibility index (Phi) is 3.51. The summed E-state index contributed by atoms with van der Waals surface area (Å²) in [5.74, 6) is 0.768. The third-order valence-corrected chi connectivity index (χ3v) is 3.64. The van der Waals surface area contributed by atoms with Crippen LogP contribution in [-0.2, 0) is 6.54 Å². The number of anilines is 2. The van der Waals surface area contributed by atoms with Crippen LogP contribution in [0.2, 0.25) is 0 Å². The van der Waals surface area contributed by atoms with E-state index in [1.54, 1.807) is 29.3 Å². The molecule has 0 saturated heterocycles. The SMILES string of the molecule is Nc1cncc(-c2cnn3ccc(NCc4cccnc4)nc23)c1. The van der Waals surface area contributed by atoms with Crippen LogP contribution in [0.15, 0.2) is 61.4 Å². The summed E-state index contributed by atoms with van der Waals surface area (Å²) >= 11 is 0. The van der Waals surface area contributed by atoms with Crippen molar-refractivity contribution in [3.8, 4) is 11.1 Å². The predicted molar refractivity (Wildman–Crippen MR) is 92.2 cm³/mol. The van der Waals surface area contributed by atoms with Gasteiger partial charge in [-0.3, -0.25) is 9.97 Å². The lowest BCUT2D eigenvalue weighted by molar-refractivity contribution is 0.936. The highest BCUT2D eigenvalue weighted by atomic mass is 15.2. The monoisotopic (exact) mass is 317 g/mol. The zero-order valence-corrected chi connectivity index (χ0v) is 12.8. The first-order valence-corrected chi connectivity index (χ1v) is 7.48. The van der Waals surface area contributed by atoms with Gasteiger partial charge in [0.1, 0.15) is 5.82 Å². The summed E-state index contributed by atoms with van der Waals surface area (Å²) in [6.45, 7) is 0.653. The van der Waals surface area contributed by atoms with E-state index in [1.165, 1.54) is 0 Å². The Hall–Kier alpha value is -3.48. The molecular weight excluding hydrogens is 302 g/mol. The summed E-state index contributed by atoms with van der Waals surface area (Å²) in [6.07, 6.45) is 10.6. The fourth-order valence-electron chi connectivity index (χ4n) is 2.47. The van der Waals surface area contributed by atoms with Gasteiger partial charge in [-0.15, -0.1) is 0 Å². The highest BCUT2D eigenvalue weighted by Gasteiger charge is 2.09. The van der Waals surface area contributed by atoms with Crippen molar-refractivity contribution >= 4 is 17.2 Å². The zero-order valence-electron chi connectivity index (χ0n) is 12.8. The predicted octanol–water partition coefficient (Wildman–Crippen LogP) is 2.38. The smallest absolute Gasteiger partial charge is 0.165 e. The maximum Gasteiger partial charge on any atom is 0.165 e. The first-order valence-electron chi connectivity index (χ1n) is 7.48. The highest BCUT2D eigenvalue weighted by Crippen LogP contribution is 2.24. The van der Waals surface area contributed by atoms with E-state index in [4.69, 9.17) is 5.73 Å². The van der Waals surface area contributed by atoms with Crippen LogP contribution in [0.5, 0.6) is 0 Å². The number of aromatic nitrogens is 5.